The molecule has 11 heavy (non-hydrogen) atoms. The largest absolute Gasteiger partial charge is 0.309 e. The Hall–Kier alpha value is -0.0800. The van der Waals surface area contributed by atoms with Crippen LogP contribution in [0, 0.1) is 0 Å². The summed E-state index contributed by atoms with van der Waals surface area (Å²) < 4.78 is 0. The molecule has 0 rings (SSSR count). The first kappa shape index (κ1) is 10.9. The quantitative estimate of drug-likeness (QED) is 0.594. The predicted molar refractivity (Wildman–Crippen MR) is 50.9 cm³/mol. The van der Waals surface area contributed by atoms with Gasteiger partial charge in [0.2, 0.25) is 0 Å². The summed E-state index contributed by atoms with van der Waals surface area (Å²) in [4.78, 5) is 4.55. The molecule has 0 saturated carbocycles. The molecule has 0 bridgehead atoms. The summed E-state index contributed by atoms with van der Waals surface area (Å²) in [5.74, 6) is 0. The molecule has 0 heterocycles. The third-order valence-corrected chi connectivity index (χ3v) is 2.11. The maximum Gasteiger partial charge on any atom is 0.00987 e. The van der Waals surface area contributed by atoms with Gasteiger partial charge in [-0.2, -0.15) is 0 Å². The first-order valence-electron chi connectivity index (χ1n) is 4.39. The number of rotatable bonds is 5. The fraction of sp³-hybridized carbons (Fsp3) is 1.00. The van der Waals surface area contributed by atoms with Gasteiger partial charge < -0.3 is 9.80 Å². The molecule has 0 aromatic rings. The summed E-state index contributed by atoms with van der Waals surface area (Å²) in [5, 5.41) is 0. The molecule has 0 aliphatic heterocycles. The summed E-state index contributed by atoms with van der Waals surface area (Å²) in [6.07, 6.45) is 2.53. The van der Waals surface area contributed by atoms with Crippen molar-refractivity contribution < 1.29 is 0 Å². The number of hydrogen-bond donors (Lipinski definition) is 0. The van der Waals surface area contributed by atoms with Crippen LogP contribution in [0.4, 0.5) is 0 Å². The van der Waals surface area contributed by atoms with Crippen molar-refractivity contribution in [3.8, 4) is 0 Å². The van der Waals surface area contributed by atoms with Gasteiger partial charge >= 0.3 is 0 Å². The van der Waals surface area contributed by atoms with Crippen molar-refractivity contribution in [1.29, 1.82) is 0 Å². The van der Waals surface area contributed by atoms with Crippen LogP contribution >= 0.6 is 0 Å². The molecule has 68 valence electrons. The Bertz CT molecular complexity index is 89.6. The average Bonchev–Trinajstić information content (AvgIpc) is 1.87. The smallest absolute Gasteiger partial charge is 0.00987 e. The van der Waals surface area contributed by atoms with E-state index in [1.165, 1.54) is 19.4 Å². The van der Waals surface area contributed by atoms with Crippen LogP contribution in [-0.2, 0) is 0 Å². The summed E-state index contributed by atoms with van der Waals surface area (Å²) in [7, 11) is 8.57. The molecule has 0 radical (unpaired) electrons. The monoisotopic (exact) mass is 158 g/mol. The van der Waals surface area contributed by atoms with E-state index < -0.39 is 0 Å². The van der Waals surface area contributed by atoms with E-state index >= 15 is 0 Å². The van der Waals surface area contributed by atoms with E-state index in [0.29, 0.717) is 0 Å². The number of nitrogens with zero attached hydrogens (tertiary/aromatic N) is 2. The van der Waals surface area contributed by atoms with Crippen molar-refractivity contribution in [3.05, 3.63) is 0 Å². The standard InChI is InChI=1S/C9H22N2/c1-6-9(11(4)5)7-8-10(2)3/h9H,6-8H2,1-5H3. The molecule has 0 spiro atoms. The van der Waals surface area contributed by atoms with Gasteiger partial charge in [0.25, 0.3) is 0 Å². The maximum absolute atomic E-state index is 2.31. The van der Waals surface area contributed by atoms with Gasteiger partial charge in [0.05, 0.1) is 0 Å². The van der Waals surface area contributed by atoms with Crippen molar-refractivity contribution in [2.24, 2.45) is 0 Å². The summed E-state index contributed by atoms with van der Waals surface area (Å²) in [5.41, 5.74) is 0. The zero-order valence-electron chi connectivity index (χ0n) is 8.59. The third-order valence-electron chi connectivity index (χ3n) is 2.11. The maximum atomic E-state index is 2.31. The zero-order valence-corrected chi connectivity index (χ0v) is 8.59. The lowest BCUT2D eigenvalue weighted by Gasteiger charge is -2.24. The van der Waals surface area contributed by atoms with E-state index in [1.807, 2.05) is 0 Å². The number of hydrogen-bond acceptors (Lipinski definition) is 2. The highest BCUT2D eigenvalue weighted by molar-refractivity contribution is 4.64. The lowest BCUT2D eigenvalue weighted by Crippen LogP contribution is -2.30. The molecule has 0 aliphatic carbocycles. The molecule has 0 amide bonds. The zero-order chi connectivity index (χ0) is 8.85. The van der Waals surface area contributed by atoms with Crippen LogP contribution in [0.25, 0.3) is 0 Å². The van der Waals surface area contributed by atoms with Crippen LogP contribution in [0.1, 0.15) is 19.8 Å². The Balaban J connectivity index is 3.52. The molecule has 0 saturated heterocycles. The lowest BCUT2D eigenvalue weighted by molar-refractivity contribution is 0.245. The lowest BCUT2D eigenvalue weighted by atomic mass is 10.1. The summed E-state index contributed by atoms with van der Waals surface area (Å²) in [6, 6.07) is 0.748. The van der Waals surface area contributed by atoms with E-state index in [2.05, 4.69) is 44.9 Å². The van der Waals surface area contributed by atoms with Crippen molar-refractivity contribution >= 4 is 0 Å². The van der Waals surface area contributed by atoms with Gasteiger partial charge in [-0.25, -0.2) is 0 Å². The molecular weight excluding hydrogens is 136 g/mol. The van der Waals surface area contributed by atoms with E-state index in [0.717, 1.165) is 6.04 Å². The van der Waals surface area contributed by atoms with Crippen molar-refractivity contribution in [2.45, 2.75) is 25.8 Å². The summed E-state index contributed by atoms with van der Waals surface area (Å²) >= 11 is 0. The van der Waals surface area contributed by atoms with Gasteiger partial charge in [0.1, 0.15) is 0 Å². The predicted octanol–water partition coefficient (Wildman–Crippen LogP) is 1.28. The van der Waals surface area contributed by atoms with Gasteiger partial charge in [0, 0.05) is 6.04 Å². The minimum atomic E-state index is 0.748. The fourth-order valence-electron chi connectivity index (χ4n) is 1.23. The second kappa shape index (κ2) is 5.56. The van der Waals surface area contributed by atoms with Gasteiger partial charge in [-0.05, 0) is 47.6 Å². The molecule has 1 unspecified atom stereocenters. The minimum absolute atomic E-state index is 0.748. The molecule has 1 atom stereocenters. The fourth-order valence-corrected chi connectivity index (χ4v) is 1.23. The van der Waals surface area contributed by atoms with E-state index in [4.69, 9.17) is 0 Å². The molecule has 0 aromatic carbocycles. The van der Waals surface area contributed by atoms with E-state index in [9.17, 15) is 0 Å². The highest BCUT2D eigenvalue weighted by atomic mass is 15.1. The molecule has 0 fully saturated rings. The minimum Gasteiger partial charge on any atom is -0.309 e. The Kier molecular flexibility index (Phi) is 5.51. The van der Waals surface area contributed by atoms with Gasteiger partial charge in [-0.1, -0.05) is 6.92 Å². The van der Waals surface area contributed by atoms with Crippen molar-refractivity contribution in [1.82, 2.24) is 9.80 Å². The van der Waals surface area contributed by atoms with E-state index in [-0.39, 0.29) is 0 Å². The van der Waals surface area contributed by atoms with Crippen LogP contribution in [0.3, 0.4) is 0 Å². The third kappa shape index (κ3) is 5.22. The average molecular weight is 158 g/mol. The first-order chi connectivity index (χ1) is 5.07. The molecule has 0 aromatic heterocycles. The van der Waals surface area contributed by atoms with Crippen LogP contribution in [0.5, 0.6) is 0 Å². The SMILES string of the molecule is CCC(CCN(C)C)N(C)C. The van der Waals surface area contributed by atoms with E-state index in [1.54, 1.807) is 0 Å². The van der Waals surface area contributed by atoms with Gasteiger partial charge in [0.15, 0.2) is 0 Å². The highest BCUT2D eigenvalue weighted by Crippen LogP contribution is 2.03. The van der Waals surface area contributed by atoms with Crippen molar-refractivity contribution in [3.63, 3.8) is 0 Å². The Morgan fingerprint density at radius 3 is 1.91 bits per heavy atom. The van der Waals surface area contributed by atoms with Crippen molar-refractivity contribution in [2.75, 3.05) is 34.7 Å². The molecule has 0 N–H and O–H groups in total. The van der Waals surface area contributed by atoms with Gasteiger partial charge in [-0.15, -0.1) is 0 Å². The second-order valence-electron chi connectivity index (χ2n) is 3.62. The van der Waals surface area contributed by atoms with Crippen LogP contribution in [0.15, 0.2) is 0 Å². The molecular formula is C9H22N2. The Labute approximate surface area is 71.2 Å². The highest BCUT2D eigenvalue weighted by Gasteiger charge is 2.07. The molecule has 0 aliphatic rings. The molecule has 2 nitrogen and oxygen atoms in total. The second-order valence-corrected chi connectivity index (χ2v) is 3.62. The van der Waals surface area contributed by atoms with Crippen LogP contribution < -0.4 is 0 Å². The van der Waals surface area contributed by atoms with Crippen LogP contribution in [-0.4, -0.2) is 50.6 Å². The first-order valence-corrected chi connectivity index (χ1v) is 4.39. The Morgan fingerprint density at radius 2 is 1.64 bits per heavy atom. The van der Waals surface area contributed by atoms with Crippen LogP contribution in [0.2, 0.25) is 0 Å². The molecule has 2 heteroatoms. The topological polar surface area (TPSA) is 6.48 Å². The Morgan fingerprint density at radius 1 is 1.09 bits per heavy atom. The van der Waals surface area contributed by atoms with Gasteiger partial charge in [-0.3, -0.25) is 0 Å². The normalized spacial score (nSPS) is 14.5. The summed E-state index contributed by atoms with van der Waals surface area (Å²) in [6.45, 7) is 3.44.